The van der Waals surface area contributed by atoms with E-state index in [1.165, 1.54) is 12.1 Å². The number of halogens is 3. The van der Waals surface area contributed by atoms with Gasteiger partial charge in [-0.05, 0) is 12.1 Å². The Balaban J connectivity index is 0.00000180. The molecule has 4 nitrogen and oxygen atoms in total. The zero-order chi connectivity index (χ0) is 13.3. The fourth-order valence-corrected chi connectivity index (χ4v) is 1.35. The number of carboxylic acid groups (broad SMARTS) is 1. The Hall–Kier alpha value is -1.71. The number of oxazole rings is 1. The van der Waals surface area contributed by atoms with E-state index < -0.39 is 23.6 Å². The van der Waals surface area contributed by atoms with Gasteiger partial charge in [-0.15, -0.1) is 0 Å². The van der Waals surface area contributed by atoms with Gasteiger partial charge in [0, 0.05) is 5.56 Å². The summed E-state index contributed by atoms with van der Waals surface area (Å²) >= 11 is 0. The normalized spacial score (nSPS) is 10.9. The molecule has 2 aromatic rings. The van der Waals surface area contributed by atoms with Crippen LogP contribution >= 0.6 is 0 Å². The number of hydrogen-bond acceptors (Lipinski definition) is 4. The number of carboxylic acids is 1. The summed E-state index contributed by atoms with van der Waals surface area (Å²) in [7, 11) is 0. The fraction of sp³-hybridized carbons (Fsp3) is 0.0909. The van der Waals surface area contributed by atoms with E-state index in [2.05, 4.69) is 4.98 Å². The topological polar surface area (TPSA) is 66.2 Å². The minimum absolute atomic E-state index is 0. The molecule has 0 saturated heterocycles. The Bertz CT molecular complexity index is 595. The summed E-state index contributed by atoms with van der Waals surface area (Å²) in [6.45, 7) is 0. The Morgan fingerprint density at radius 2 is 2.00 bits per heavy atom. The Kier molecular flexibility index (Phi) is 4.45. The van der Waals surface area contributed by atoms with Gasteiger partial charge in [0.05, 0.1) is 11.8 Å². The van der Waals surface area contributed by atoms with Crippen molar-refractivity contribution in [2.24, 2.45) is 0 Å². The van der Waals surface area contributed by atoms with Gasteiger partial charge in [0.2, 0.25) is 5.89 Å². The predicted octanol–water partition coefficient (Wildman–Crippen LogP) is -1.27. The molecule has 0 aliphatic carbocycles. The van der Waals surface area contributed by atoms with Crippen LogP contribution in [0.3, 0.4) is 0 Å². The minimum Gasteiger partial charge on any atom is -0.540 e. The molecule has 0 fully saturated rings. The van der Waals surface area contributed by atoms with Crippen LogP contribution in [0.15, 0.2) is 34.9 Å². The molecular weight excluding hydrogens is 258 g/mol. The number of aromatic carboxylic acids is 1. The molecular formula is C11H5F3LiNO3. The molecule has 0 unspecified atom stereocenters. The summed E-state index contributed by atoms with van der Waals surface area (Å²) < 4.78 is 42.2. The van der Waals surface area contributed by atoms with Crippen LogP contribution in [-0.4, -0.2) is 11.0 Å². The maximum absolute atomic E-state index is 12.5. The van der Waals surface area contributed by atoms with E-state index in [0.717, 1.165) is 18.3 Å². The summed E-state index contributed by atoms with van der Waals surface area (Å²) in [5.74, 6) is -2.38. The van der Waals surface area contributed by atoms with Crippen LogP contribution in [0.25, 0.3) is 11.3 Å². The maximum atomic E-state index is 12.5. The van der Waals surface area contributed by atoms with E-state index in [1.807, 2.05) is 0 Å². The summed E-state index contributed by atoms with van der Waals surface area (Å²) in [5, 5.41) is 10.4. The van der Waals surface area contributed by atoms with Crippen molar-refractivity contribution in [1.82, 2.24) is 4.98 Å². The smallest absolute Gasteiger partial charge is 0.540 e. The zero-order valence-corrected chi connectivity index (χ0v) is 9.69. The van der Waals surface area contributed by atoms with Crippen molar-refractivity contribution in [2.75, 3.05) is 0 Å². The first-order valence-electron chi connectivity index (χ1n) is 4.73. The summed E-state index contributed by atoms with van der Waals surface area (Å²) in [6.07, 6.45) is -3.45. The quantitative estimate of drug-likeness (QED) is 0.633. The Labute approximate surface area is 117 Å². The third-order valence-corrected chi connectivity index (χ3v) is 2.15. The van der Waals surface area contributed by atoms with Crippen LogP contribution < -0.4 is 24.0 Å². The first-order valence-corrected chi connectivity index (χ1v) is 4.73. The van der Waals surface area contributed by atoms with Crippen LogP contribution in [0.5, 0.6) is 0 Å². The van der Waals surface area contributed by atoms with Crippen molar-refractivity contribution < 1.29 is 46.4 Å². The van der Waals surface area contributed by atoms with E-state index in [0.29, 0.717) is 0 Å². The number of benzene rings is 1. The average Bonchev–Trinajstić information content (AvgIpc) is 2.77. The number of aromatic nitrogens is 1. The summed E-state index contributed by atoms with van der Waals surface area (Å²) in [5.41, 5.74) is -0.767. The third-order valence-electron chi connectivity index (χ3n) is 2.15. The largest absolute Gasteiger partial charge is 1.00 e. The third kappa shape index (κ3) is 3.40. The molecule has 0 aliphatic rings. The summed E-state index contributed by atoms with van der Waals surface area (Å²) in [4.78, 5) is 13.8. The molecule has 1 heterocycles. The fourth-order valence-electron chi connectivity index (χ4n) is 1.35. The Morgan fingerprint density at radius 3 is 2.53 bits per heavy atom. The number of alkyl halides is 3. The van der Waals surface area contributed by atoms with Gasteiger partial charge in [-0.25, -0.2) is 4.98 Å². The van der Waals surface area contributed by atoms with Crippen LogP contribution in [0.2, 0.25) is 0 Å². The molecule has 2 rings (SSSR count). The molecule has 8 heteroatoms. The van der Waals surface area contributed by atoms with Crippen LogP contribution in [0.4, 0.5) is 13.2 Å². The van der Waals surface area contributed by atoms with Gasteiger partial charge < -0.3 is 14.3 Å². The predicted molar refractivity (Wildman–Crippen MR) is 51.3 cm³/mol. The van der Waals surface area contributed by atoms with Crippen molar-refractivity contribution in [3.63, 3.8) is 0 Å². The monoisotopic (exact) mass is 263 g/mol. The number of hydrogen-bond donors (Lipinski definition) is 0. The second-order valence-corrected chi connectivity index (χ2v) is 3.40. The molecule has 1 aromatic heterocycles. The van der Waals surface area contributed by atoms with Crippen molar-refractivity contribution in [1.29, 1.82) is 0 Å². The van der Waals surface area contributed by atoms with Gasteiger partial charge in [-0.2, -0.15) is 13.2 Å². The number of carbonyl (C=O) groups excluding carboxylic acids is 1. The molecule has 0 atom stereocenters. The second kappa shape index (κ2) is 5.51. The molecule has 1 aromatic carbocycles. The van der Waals surface area contributed by atoms with Crippen LogP contribution in [0.1, 0.15) is 16.2 Å². The number of rotatable bonds is 2. The van der Waals surface area contributed by atoms with Gasteiger partial charge in [0.15, 0.2) is 5.76 Å². The van der Waals surface area contributed by atoms with Crippen molar-refractivity contribution in [3.8, 4) is 11.3 Å². The number of carbonyl (C=O) groups is 1. The summed E-state index contributed by atoms with van der Waals surface area (Å²) in [6, 6.07) is 4.30. The van der Waals surface area contributed by atoms with E-state index in [-0.39, 0.29) is 30.2 Å². The number of nitrogens with zero attached hydrogens (tertiary/aromatic N) is 1. The molecule has 0 radical (unpaired) electrons. The van der Waals surface area contributed by atoms with E-state index >= 15 is 0 Å². The van der Waals surface area contributed by atoms with E-state index in [9.17, 15) is 23.1 Å². The molecule has 94 valence electrons. The molecule has 0 spiro atoms. The first-order chi connectivity index (χ1) is 8.38. The van der Waals surface area contributed by atoms with E-state index in [4.69, 9.17) is 4.42 Å². The molecule has 0 N–H and O–H groups in total. The van der Waals surface area contributed by atoms with Crippen LogP contribution in [-0.2, 0) is 6.18 Å². The van der Waals surface area contributed by atoms with E-state index in [1.54, 1.807) is 0 Å². The van der Waals surface area contributed by atoms with Crippen molar-refractivity contribution in [2.45, 2.75) is 6.18 Å². The van der Waals surface area contributed by atoms with Gasteiger partial charge in [-0.1, -0.05) is 12.1 Å². The maximum Gasteiger partial charge on any atom is 1.00 e. The van der Waals surface area contributed by atoms with Crippen LogP contribution in [0, 0.1) is 0 Å². The van der Waals surface area contributed by atoms with Gasteiger partial charge >= 0.3 is 25.0 Å². The SMILES string of the molecule is O=C([O-])c1ncc(-c2cccc(C(F)(F)F)c2)o1.[Li+]. The zero-order valence-electron chi connectivity index (χ0n) is 9.69. The molecule has 0 amide bonds. The molecule has 19 heavy (non-hydrogen) atoms. The van der Waals surface area contributed by atoms with Crippen molar-refractivity contribution >= 4 is 5.97 Å². The van der Waals surface area contributed by atoms with Gasteiger partial charge in [0.25, 0.3) is 0 Å². The first kappa shape index (κ1) is 15.3. The van der Waals surface area contributed by atoms with Gasteiger partial charge in [-0.3, -0.25) is 0 Å². The minimum atomic E-state index is -4.48. The Morgan fingerprint density at radius 1 is 1.32 bits per heavy atom. The second-order valence-electron chi connectivity index (χ2n) is 3.40. The average molecular weight is 263 g/mol. The standard InChI is InChI=1S/C11H6F3NO3.Li/c12-11(13,14)7-3-1-2-6(4-7)8-5-15-9(18-8)10(16)17;/h1-5H,(H,16,17);/q;+1/p-1. The van der Waals surface area contributed by atoms with Gasteiger partial charge in [0.1, 0.15) is 5.97 Å². The molecule has 0 saturated carbocycles. The molecule has 0 aliphatic heterocycles. The molecule has 0 bridgehead atoms. The van der Waals surface area contributed by atoms with Crippen molar-refractivity contribution in [3.05, 3.63) is 41.9 Å².